The normalized spacial score (nSPS) is 9.93. The van der Waals surface area contributed by atoms with Gasteiger partial charge in [-0.05, 0) is 12.1 Å². The first kappa shape index (κ1) is 9.32. The van der Waals surface area contributed by atoms with E-state index >= 15 is 0 Å². The van der Waals surface area contributed by atoms with E-state index in [2.05, 4.69) is 25.5 Å². The van der Waals surface area contributed by atoms with Gasteiger partial charge in [0.2, 0.25) is 11.9 Å². The second kappa shape index (κ2) is 3.87. The van der Waals surface area contributed by atoms with Gasteiger partial charge in [-0.15, -0.1) is 5.10 Å². The molecule has 6 heteroatoms. The van der Waals surface area contributed by atoms with Crippen molar-refractivity contribution in [3.8, 4) is 11.5 Å². The molecular weight excluding hydrogens is 194 g/mol. The van der Waals surface area contributed by atoms with Gasteiger partial charge in [0.05, 0.1) is 0 Å². The Morgan fingerprint density at radius 1 is 1.47 bits per heavy atom. The van der Waals surface area contributed by atoms with Crippen LogP contribution in [0.2, 0.25) is 0 Å². The Labute approximate surface area is 85.8 Å². The van der Waals surface area contributed by atoms with Crippen LogP contribution >= 0.6 is 0 Å². The number of rotatable bonds is 2. The van der Waals surface area contributed by atoms with Crippen LogP contribution in [0.25, 0.3) is 11.5 Å². The van der Waals surface area contributed by atoms with Crippen LogP contribution in [0.5, 0.6) is 0 Å². The highest BCUT2D eigenvalue weighted by molar-refractivity contribution is 5.86. The highest BCUT2D eigenvalue weighted by Gasteiger charge is 2.06. The summed E-state index contributed by atoms with van der Waals surface area (Å²) in [6.45, 7) is 1.40. The fourth-order valence-electron chi connectivity index (χ4n) is 1.09. The van der Waals surface area contributed by atoms with Gasteiger partial charge in [0.1, 0.15) is 5.69 Å². The minimum absolute atomic E-state index is 0.207. The summed E-state index contributed by atoms with van der Waals surface area (Å²) in [6, 6.07) is 5.47. The summed E-state index contributed by atoms with van der Waals surface area (Å²) in [4.78, 5) is 18.9. The maximum Gasteiger partial charge on any atom is 0.249 e. The second-order valence-electron chi connectivity index (χ2n) is 2.90. The van der Waals surface area contributed by atoms with Crippen molar-refractivity contribution in [1.82, 2.24) is 20.2 Å². The van der Waals surface area contributed by atoms with Crippen molar-refractivity contribution < 1.29 is 4.79 Å². The highest BCUT2D eigenvalue weighted by atomic mass is 16.1. The molecule has 0 aliphatic heterocycles. The molecule has 0 saturated carbocycles. The Morgan fingerprint density at radius 3 is 3.00 bits per heavy atom. The molecule has 0 aromatic carbocycles. The Bertz CT molecular complexity index is 464. The smallest absolute Gasteiger partial charge is 0.249 e. The van der Waals surface area contributed by atoms with E-state index in [1.54, 1.807) is 12.3 Å². The third-order valence-electron chi connectivity index (χ3n) is 1.68. The number of nitrogens with zero attached hydrogens (tertiary/aromatic N) is 3. The van der Waals surface area contributed by atoms with E-state index in [-0.39, 0.29) is 11.9 Å². The summed E-state index contributed by atoms with van der Waals surface area (Å²) in [5, 5.41) is 8.99. The molecule has 6 nitrogen and oxygen atoms in total. The Hall–Kier alpha value is -2.24. The number of carbonyl (C=O) groups excluding carboxylic acids is 1. The first-order valence-electron chi connectivity index (χ1n) is 4.37. The van der Waals surface area contributed by atoms with Crippen LogP contribution in [-0.2, 0) is 4.79 Å². The zero-order valence-corrected chi connectivity index (χ0v) is 8.06. The molecule has 0 fully saturated rings. The monoisotopic (exact) mass is 203 g/mol. The minimum atomic E-state index is -0.207. The third-order valence-corrected chi connectivity index (χ3v) is 1.68. The average Bonchev–Trinajstić information content (AvgIpc) is 2.67. The molecule has 2 aromatic heterocycles. The maximum atomic E-state index is 10.7. The molecule has 0 unspecified atom stereocenters. The minimum Gasteiger partial charge on any atom is -0.293 e. The molecule has 2 heterocycles. The van der Waals surface area contributed by atoms with Gasteiger partial charge < -0.3 is 0 Å². The summed E-state index contributed by atoms with van der Waals surface area (Å²) in [7, 11) is 0. The predicted molar refractivity (Wildman–Crippen MR) is 53.9 cm³/mol. The molecule has 0 spiro atoms. The van der Waals surface area contributed by atoms with Gasteiger partial charge in [-0.25, -0.2) is 0 Å². The van der Waals surface area contributed by atoms with E-state index in [1.165, 1.54) is 6.92 Å². The van der Waals surface area contributed by atoms with Gasteiger partial charge in [-0.3, -0.25) is 20.2 Å². The number of amides is 1. The second-order valence-corrected chi connectivity index (χ2v) is 2.90. The molecular formula is C9H9N5O. The molecule has 0 aliphatic carbocycles. The summed E-state index contributed by atoms with van der Waals surface area (Å²) in [5.41, 5.74) is 0.682. The van der Waals surface area contributed by atoms with Crippen molar-refractivity contribution in [1.29, 1.82) is 0 Å². The lowest BCUT2D eigenvalue weighted by Crippen LogP contribution is -2.06. The number of aromatic amines is 1. The van der Waals surface area contributed by atoms with E-state index in [0.717, 1.165) is 0 Å². The molecule has 76 valence electrons. The number of pyridine rings is 1. The summed E-state index contributed by atoms with van der Waals surface area (Å²) in [5.74, 6) is 0.573. The van der Waals surface area contributed by atoms with Crippen LogP contribution in [0.3, 0.4) is 0 Å². The largest absolute Gasteiger partial charge is 0.293 e. The van der Waals surface area contributed by atoms with Crippen LogP contribution in [0, 0.1) is 0 Å². The fraction of sp³-hybridized carbons (Fsp3) is 0.111. The first-order chi connectivity index (χ1) is 7.25. The Balaban J connectivity index is 2.24. The lowest BCUT2D eigenvalue weighted by molar-refractivity contribution is -0.114. The fourth-order valence-corrected chi connectivity index (χ4v) is 1.09. The van der Waals surface area contributed by atoms with Crippen molar-refractivity contribution in [2.75, 3.05) is 5.32 Å². The molecule has 0 aliphatic rings. The SMILES string of the molecule is CC(=O)Nc1n[nH]c(-c2ccccn2)n1. The van der Waals surface area contributed by atoms with Crippen LogP contribution in [0.1, 0.15) is 6.92 Å². The zero-order valence-electron chi connectivity index (χ0n) is 8.06. The van der Waals surface area contributed by atoms with Crippen LogP contribution < -0.4 is 5.32 Å². The van der Waals surface area contributed by atoms with Crippen molar-refractivity contribution in [2.24, 2.45) is 0 Å². The third kappa shape index (κ3) is 2.16. The van der Waals surface area contributed by atoms with Crippen molar-refractivity contribution in [2.45, 2.75) is 6.92 Å². The van der Waals surface area contributed by atoms with Gasteiger partial charge >= 0.3 is 0 Å². The molecule has 0 atom stereocenters. The quantitative estimate of drug-likeness (QED) is 0.757. The number of hydrogen-bond donors (Lipinski definition) is 2. The Morgan fingerprint density at radius 2 is 2.33 bits per heavy atom. The van der Waals surface area contributed by atoms with Crippen molar-refractivity contribution in [3.63, 3.8) is 0 Å². The number of carbonyl (C=O) groups is 1. The zero-order chi connectivity index (χ0) is 10.7. The molecule has 15 heavy (non-hydrogen) atoms. The highest BCUT2D eigenvalue weighted by Crippen LogP contribution is 2.11. The molecule has 1 amide bonds. The predicted octanol–water partition coefficient (Wildman–Crippen LogP) is 0.825. The molecule has 2 N–H and O–H groups in total. The van der Waals surface area contributed by atoms with Crippen LogP contribution in [0.15, 0.2) is 24.4 Å². The average molecular weight is 203 g/mol. The molecule has 0 bridgehead atoms. The van der Waals surface area contributed by atoms with Gasteiger partial charge in [0.25, 0.3) is 0 Å². The number of hydrogen-bond acceptors (Lipinski definition) is 4. The van der Waals surface area contributed by atoms with E-state index in [4.69, 9.17) is 0 Å². The van der Waals surface area contributed by atoms with Gasteiger partial charge in [-0.2, -0.15) is 4.98 Å². The standard InChI is InChI=1S/C9H9N5O/c1-6(15)11-9-12-8(13-14-9)7-4-2-3-5-10-7/h2-5H,1H3,(H2,11,12,13,14,15). The van der Waals surface area contributed by atoms with Gasteiger partial charge in [-0.1, -0.05) is 6.07 Å². The lowest BCUT2D eigenvalue weighted by atomic mass is 10.3. The summed E-state index contributed by atoms with van der Waals surface area (Å²) < 4.78 is 0. The van der Waals surface area contributed by atoms with Crippen molar-refractivity contribution >= 4 is 11.9 Å². The van der Waals surface area contributed by atoms with Gasteiger partial charge in [0, 0.05) is 13.1 Å². The molecule has 2 rings (SSSR count). The van der Waals surface area contributed by atoms with Gasteiger partial charge in [0.15, 0.2) is 5.82 Å². The number of H-pyrrole nitrogens is 1. The van der Waals surface area contributed by atoms with Crippen molar-refractivity contribution in [3.05, 3.63) is 24.4 Å². The summed E-state index contributed by atoms with van der Waals surface area (Å²) >= 11 is 0. The lowest BCUT2D eigenvalue weighted by Gasteiger charge is -1.92. The molecule has 0 radical (unpaired) electrons. The van der Waals surface area contributed by atoms with E-state index < -0.39 is 0 Å². The van der Waals surface area contributed by atoms with E-state index in [0.29, 0.717) is 11.5 Å². The first-order valence-corrected chi connectivity index (χ1v) is 4.37. The van der Waals surface area contributed by atoms with Crippen LogP contribution in [-0.4, -0.2) is 26.1 Å². The maximum absolute atomic E-state index is 10.7. The topological polar surface area (TPSA) is 83.6 Å². The number of nitrogens with one attached hydrogen (secondary N) is 2. The van der Waals surface area contributed by atoms with Crippen LogP contribution in [0.4, 0.5) is 5.95 Å². The number of aromatic nitrogens is 4. The van der Waals surface area contributed by atoms with E-state index in [1.807, 2.05) is 12.1 Å². The number of anilines is 1. The molecule has 2 aromatic rings. The summed E-state index contributed by atoms with van der Waals surface area (Å²) in [6.07, 6.45) is 1.66. The van der Waals surface area contributed by atoms with E-state index in [9.17, 15) is 4.79 Å². The Kier molecular flexibility index (Phi) is 2.40. The molecule has 0 saturated heterocycles.